The van der Waals surface area contributed by atoms with E-state index in [0.29, 0.717) is 29.8 Å². The predicted molar refractivity (Wildman–Crippen MR) is 83.0 cm³/mol. The van der Waals surface area contributed by atoms with Crippen LogP contribution in [0.25, 0.3) is 0 Å². The van der Waals surface area contributed by atoms with Gasteiger partial charge in [0, 0.05) is 32.7 Å². The summed E-state index contributed by atoms with van der Waals surface area (Å²) in [5.74, 6) is 1.53. The molecule has 4 nitrogen and oxygen atoms in total. The van der Waals surface area contributed by atoms with Gasteiger partial charge in [0.1, 0.15) is 0 Å². The minimum Gasteiger partial charge on any atom is -0.380 e. The topological polar surface area (TPSA) is 32.8 Å². The van der Waals surface area contributed by atoms with E-state index in [9.17, 15) is 4.79 Å². The zero-order chi connectivity index (χ0) is 15.0. The van der Waals surface area contributed by atoms with Crippen LogP contribution in [-0.4, -0.2) is 61.6 Å². The van der Waals surface area contributed by atoms with Gasteiger partial charge in [-0.1, -0.05) is 20.8 Å². The Hall–Kier alpha value is -0.610. The first-order valence-electron chi connectivity index (χ1n) is 8.53. The van der Waals surface area contributed by atoms with Crippen molar-refractivity contribution in [3.8, 4) is 0 Å². The molecule has 0 aromatic rings. The number of carbonyl (C=O) groups excluding carboxylic acids is 1. The lowest BCUT2D eigenvalue weighted by Crippen LogP contribution is -2.45. The van der Waals surface area contributed by atoms with Crippen LogP contribution in [0.1, 0.15) is 33.6 Å². The second-order valence-electron chi connectivity index (χ2n) is 8.36. The summed E-state index contributed by atoms with van der Waals surface area (Å²) in [4.78, 5) is 17.4. The molecule has 21 heavy (non-hydrogen) atoms. The fourth-order valence-corrected chi connectivity index (χ4v) is 4.32. The smallest absolute Gasteiger partial charge is 0.228 e. The monoisotopic (exact) mass is 294 g/mol. The summed E-state index contributed by atoms with van der Waals surface area (Å²) in [5, 5.41) is 0. The number of hydrogen-bond acceptors (Lipinski definition) is 3. The first-order chi connectivity index (χ1) is 9.94. The molecular weight excluding hydrogens is 264 g/mol. The van der Waals surface area contributed by atoms with Crippen LogP contribution >= 0.6 is 0 Å². The molecule has 4 heteroatoms. The fourth-order valence-electron chi connectivity index (χ4n) is 4.32. The van der Waals surface area contributed by atoms with Gasteiger partial charge in [-0.05, 0) is 30.1 Å². The van der Waals surface area contributed by atoms with Crippen molar-refractivity contribution >= 4 is 5.91 Å². The van der Waals surface area contributed by atoms with Crippen molar-refractivity contribution in [2.45, 2.75) is 33.6 Å². The molecule has 0 radical (unpaired) electrons. The Kier molecular flexibility index (Phi) is 4.28. The fraction of sp³-hybridized carbons (Fsp3) is 0.941. The third-order valence-electron chi connectivity index (χ3n) is 5.15. The van der Waals surface area contributed by atoms with Crippen LogP contribution in [-0.2, 0) is 9.53 Å². The van der Waals surface area contributed by atoms with Gasteiger partial charge >= 0.3 is 0 Å². The number of nitrogens with zero attached hydrogens (tertiary/aromatic N) is 2. The van der Waals surface area contributed by atoms with E-state index in [-0.39, 0.29) is 5.92 Å². The largest absolute Gasteiger partial charge is 0.380 e. The van der Waals surface area contributed by atoms with Gasteiger partial charge in [0.15, 0.2) is 0 Å². The predicted octanol–water partition coefficient (Wildman–Crippen LogP) is 1.85. The molecule has 3 saturated heterocycles. The van der Waals surface area contributed by atoms with Crippen LogP contribution in [0.4, 0.5) is 0 Å². The molecule has 120 valence electrons. The standard InChI is InChI=1S/C17H30N2O2/c1-17(2,3)12-18-8-13-10-21-11-15(14(13)9-18)16(20)19-6-4-5-7-19/h13-15H,4-12H2,1-3H3/t13-,14-,15-/m0/s1. The molecule has 0 aromatic carbocycles. The molecular formula is C17H30N2O2. The summed E-state index contributed by atoms with van der Waals surface area (Å²) in [7, 11) is 0. The number of carbonyl (C=O) groups is 1. The van der Waals surface area contributed by atoms with Gasteiger partial charge in [0.2, 0.25) is 5.91 Å². The van der Waals surface area contributed by atoms with Gasteiger partial charge in [0.05, 0.1) is 19.1 Å². The van der Waals surface area contributed by atoms with E-state index in [1.807, 2.05) is 0 Å². The molecule has 0 aliphatic carbocycles. The Balaban J connectivity index is 1.65. The third kappa shape index (κ3) is 3.42. The number of amides is 1. The van der Waals surface area contributed by atoms with Crippen molar-refractivity contribution in [3.63, 3.8) is 0 Å². The molecule has 3 heterocycles. The van der Waals surface area contributed by atoms with Gasteiger partial charge < -0.3 is 14.5 Å². The number of rotatable bonds is 2. The van der Waals surface area contributed by atoms with Crippen molar-refractivity contribution in [2.75, 3.05) is 45.9 Å². The average Bonchev–Trinajstić information content (AvgIpc) is 3.03. The molecule has 0 spiro atoms. The van der Waals surface area contributed by atoms with Gasteiger partial charge in [0.25, 0.3) is 0 Å². The van der Waals surface area contributed by atoms with Gasteiger partial charge in [-0.3, -0.25) is 4.79 Å². The molecule has 0 bridgehead atoms. The minimum absolute atomic E-state index is 0.104. The zero-order valence-corrected chi connectivity index (χ0v) is 13.8. The van der Waals surface area contributed by atoms with Crippen molar-refractivity contribution in [1.82, 2.24) is 9.80 Å². The van der Waals surface area contributed by atoms with Gasteiger partial charge in [-0.15, -0.1) is 0 Å². The number of hydrogen-bond donors (Lipinski definition) is 0. The molecule has 0 saturated carbocycles. The first kappa shape index (κ1) is 15.3. The summed E-state index contributed by atoms with van der Waals surface area (Å²) < 4.78 is 5.78. The van der Waals surface area contributed by atoms with Crippen molar-refractivity contribution in [3.05, 3.63) is 0 Å². The molecule has 3 rings (SSSR count). The lowest BCUT2D eigenvalue weighted by atomic mass is 9.82. The Bertz CT molecular complexity index is 385. The van der Waals surface area contributed by atoms with E-state index in [4.69, 9.17) is 4.74 Å². The van der Waals surface area contributed by atoms with E-state index in [2.05, 4.69) is 30.6 Å². The molecule has 1 amide bonds. The Morgan fingerprint density at radius 1 is 1.14 bits per heavy atom. The highest BCUT2D eigenvalue weighted by Gasteiger charge is 2.45. The molecule has 0 aromatic heterocycles. The number of ether oxygens (including phenoxy) is 1. The molecule has 3 aliphatic heterocycles. The van der Waals surface area contributed by atoms with Crippen LogP contribution in [0.2, 0.25) is 0 Å². The van der Waals surface area contributed by atoms with Gasteiger partial charge in [-0.25, -0.2) is 0 Å². The maximum atomic E-state index is 12.8. The van der Waals surface area contributed by atoms with Crippen LogP contribution < -0.4 is 0 Å². The average molecular weight is 294 g/mol. The van der Waals surface area contributed by atoms with Crippen molar-refractivity contribution in [2.24, 2.45) is 23.2 Å². The summed E-state index contributed by atoms with van der Waals surface area (Å²) in [5.41, 5.74) is 0.322. The summed E-state index contributed by atoms with van der Waals surface area (Å²) in [6.45, 7) is 13.6. The molecule has 0 unspecified atom stereocenters. The Morgan fingerprint density at radius 2 is 1.86 bits per heavy atom. The number of fused-ring (bicyclic) bond motifs is 1. The van der Waals surface area contributed by atoms with E-state index >= 15 is 0 Å². The lowest BCUT2D eigenvalue weighted by molar-refractivity contribution is -0.143. The number of likely N-dealkylation sites (tertiary alicyclic amines) is 2. The zero-order valence-electron chi connectivity index (χ0n) is 13.8. The lowest BCUT2D eigenvalue weighted by Gasteiger charge is -2.34. The van der Waals surface area contributed by atoms with Crippen LogP contribution in [0.3, 0.4) is 0 Å². The summed E-state index contributed by atoms with van der Waals surface area (Å²) in [6.07, 6.45) is 2.34. The summed E-state index contributed by atoms with van der Waals surface area (Å²) in [6, 6.07) is 0. The highest BCUT2D eigenvalue weighted by molar-refractivity contribution is 5.79. The molecule has 3 atom stereocenters. The maximum Gasteiger partial charge on any atom is 0.228 e. The second-order valence-corrected chi connectivity index (χ2v) is 8.36. The van der Waals surface area contributed by atoms with E-state index in [1.165, 1.54) is 12.8 Å². The minimum atomic E-state index is 0.104. The van der Waals surface area contributed by atoms with E-state index in [0.717, 1.165) is 39.3 Å². The highest BCUT2D eigenvalue weighted by Crippen LogP contribution is 2.36. The second kappa shape index (κ2) is 5.88. The molecule has 3 aliphatic rings. The highest BCUT2D eigenvalue weighted by atomic mass is 16.5. The van der Waals surface area contributed by atoms with E-state index in [1.54, 1.807) is 0 Å². The van der Waals surface area contributed by atoms with Crippen molar-refractivity contribution in [1.29, 1.82) is 0 Å². The first-order valence-corrected chi connectivity index (χ1v) is 8.53. The third-order valence-corrected chi connectivity index (χ3v) is 5.15. The molecule has 3 fully saturated rings. The Morgan fingerprint density at radius 3 is 2.52 bits per heavy atom. The Labute approximate surface area is 128 Å². The quantitative estimate of drug-likeness (QED) is 0.779. The normalized spacial score (nSPS) is 34.2. The van der Waals surface area contributed by atoms with Crippen LogP contribution in [0, 0.1) is 23.2 Å². The van der Waals surface area contributed by atoms with Crippen LogP contribution in [0.5, 0.6) is 0 Å². The van der Waals surface area contributed by atoms with Crippen LogP contribution in [0.15, 0.2) is 0 Å². The SMILES string of the molecule is CC(C)(C)CN1C[C@H]2COC[C@H](C(=O)N3CCCC3)[C@H]2C1. The van der Waals surface area contributed by atoms with Crippen molar-refractivity contribution < 1.29 is 9.53 Å². The summed E-state index contributed by atoms with van der Waals surface area (Å²) >= 11 is 0. The van der Waals surface area contributed by atoms with Gasteiger partial charge in [-0.2, -0.15) is 0 Å². The molecule has 0 N–H and O–H groups in total. The van der Waals surface area contributed by atoms with E-state index < -0.39 is 0 Å². The maximum absolute atomic E-state index is 12.8.